The topological polar surface area (TPSA) is 69.5 Å². The van der Waals surface area contributed by atoms with Crippen molar-refractivity contribution in [2.45, 2.75) is 70.1 Å². The van der Waals surface area contributed by atoms with Gasteiger partial charge in [-0.25, -0.2) is 9.48 Å². The Labute approximate surface area is 225 Å². The van der Waals surface area contributed by atoms with E-state index in [2.05, 4.69) is 63.9 Å². The fourth-order valence-corrected chi connectivity index (χ4v) is 5.53. The molecule has 7 nitrogen and oxygen atoms in total. The highest BCUT2D eigenvalue weighted by Gasteiger charge is 2.25. The molecule has 1 fully saturated rings. The van der Waals surface area contributed by atoms with Crippen LogP contribution in [0.1, 0.15) is 71.7 Å². The number of esters is 1. The summed E-state index contributed by atoms with van der Waals surface area (Å²) >= 11 is 0. The molecule has 0 unspecified atom stereocenters. The maximum absolute atomic E-state index is 13.3. The first-order chi connectivity index (χ1) is 18.7. The Morgan fingerprint density at radius 3 is 2.66 bits per heavy atom. The number of methoxy groups -OCH3 is 1. The SMILES string of the molecule is COc1cccc2c1C(=O)O[C@@H](Cc1cn(C3CCN(Cc4ccccc4)CC3)nn1)CCCC/C=C/C2. The normalized spacial score (nSPS) is 20.6. The van der Waals surface area contributed by atoms with E-state index in [0.717, 1.165) is 69.4 Å². The van der Waals surface area contributed by atoms with Crippen LogP contribution in [0.5, 0.6) is 5.75 Å². The molecular formula is C31H38N4O3. The number of aromatic nitrogens is 3. The van der Waals surface area contributed by atoms with Gasteiger partial charge in [-0.15, -0.1) is 5.10 Å². The zero-order valence-corrected chi connectivity index (χ0v) is 22.3. The van der Waals surface area contributed by atoms with Crippen LogP contribution in [0.4, 0.5) is 0 Å². The maximum Gasteiger partial charge on any atom is 0.342 e. The van der Waals surface area contributed by atoms with Crippen LogP contribution in [0.25, 0.3) is 0 Å². The van der Waals surface area contributed by atoms with E-state index in [0.29, 0.717) is 30.2 Å². The highest BCUT2D eigenvalue weighted by molar-refractivity contribution is 5.94. The van der Waals surface area contributed by atoms with Crippen LogP contribution in [0.3, 0.4) is 0 Å². The molecule has 0 aliphatic carbocycles. The largest absolute Gasteiger partial charge is 0.496 e. The number of allylic oxidation sites excluding steroid dienone is 2. The molecule has 3 heterocycles. The summed E-state index contributed by atoms with van der Waals surface area (Å²) in [6.07, 6.45) is 13.4. The first-order valence-corrected chi connectivity index (χ1v) is 13.9. The second-order valence-corrected chi connectivity index (χ2v) is 10.4. The van der Waals surface area contributed by atoms with Gasteiger partial charge in [0, 0.05) is 32.3 Å². The van der Waals surface area contributed by atoms with E-state index < -0.39 is 0 Å². The Morgan fingerprint density at radius 2 is 1.84 bits per heavy atom. The maximum atomic E-state index is 13.3. The molecule has 0 N–H and O–H groups in total. The van der Waals surface area contributed by atoms with Crippen molar-refractivity contribution < 1.29 is 14.3 Å². The summed E-state index contributed by atoms with van der Waals surface area (Å²) in [7, 11) is 1.59. The first kappa shape index (κ1) is 26.2. The molecule has 0 saturated carbocycles. The molecule has 0 amide bonds. The number of carbonyl (C=O) groups excluding carboxylic acids is 1. The lowest BCUT2D eigenvalue weighted by atomic mass is 10.0. The van der Waals surface area contributed by atoms with Crippen molar-refractivity contribution >= 4 is 5.97 Å². The van der Waals surface area contributed by atoms with Gasteiger partial charge < -0.3 is 9.47 Å². The number of fused-ring (bicyclic) bond motifs is 1. The molecular weight excluding hydrogens is 476 g/mol. The van der Waals surface area contributed by atoms with Crippen LogP contribution in [0, 0.1) is 0 Å². The minimum Gasteiger partial charge on any atom is -0.496 e. The lowest BCUT2D eigenvalue weighted by molar-refractivity contribution is 0.0271. The lowest BCUT2D eigenvalue weighted by Gasteiger charge is -2.31. The van der Waals surface area contributed by atoms with Gasteiger partial charge in [-0.05, 0) is 62.1 Å². The van der Waals surface area contributed by atoms with Crippen LogP contribution in [-0.2, 0) is 24.1 Å². The van der Waals surface area contributed by atoms with Crippen LogP contribution in [0.2, 0.25) is 0 Å². The van der Waals surface area contributed by atoms with Gasteiger partial charge in [0.1, 0.15) is 17.4 Å². The summed E-state index contributed by atoms with van der Waals surface area (Å²) in [5.41, 5.74) is 3.68. The molecule has 0 bridgehead atoms. The fraction of sp³-hybridized carbons (Fsp3) is 0.452. The molecule has 5 rings (SSSR count). The minimum atomic E-state index is -0.324. The molecule has 200 valence electrons. The highest BCUT2D eigenvalue weighted by atomic mass is 16.5. The summed E-state index contributed by atoms with van der Waals surface area (Å²) in [5.74, 6) is 0.232. The number of piperidine rings is 1. The zero-order chi connectivity index (χ0) is 26.2. The highest BCUT2D eigenvalue weighted by Crippen LogP contribution is 2.27. The van der Waals surface area contributed by atoms with Crippen molar-refractivity contribution in [3.8, 4) is 5.75 Å². The van der Waals surface area contributed by atoms with E-state index in [1.54, 1.807) is 7.11 Å². The summed E-state index contributed by atoms with van der Waals surface area (Å²) in [6, 6.07) is 16.7. The Hall–Kier alpha value is -3.45. The molecule has 1 atom stereocenters. The van der Waals surface area contributed by atoms with Crippen molar-refractivity contribution in [2.24, 2.45) is 0 Å². The third-order valence-corrected chi connectivity index (χ3v) is 7.64. The summed E-state index contributed by atoms with van der Waals surface area (Å²) in [4.78, 5) is 15.9. The van der Waals surface area contributed by atoms with Gasteiger partial charge in [0.15, 0.2) is 0 Å². The Kier molecular flexibility index (Phi) is 8.86. The first-order valence-electron chi connectivity index (χ1n) is 13.9. The molecule has 2 aliphatic heterocycles. The average molecular weight is 515 g/mol. The van der Waals surface area contributed by atoms with E-state index in [-0.39, 0.29) is 12.1 Å². The van der Waals surface area contributed by atoms with Crippen molar-refractivity contribution in [2.75, 3.05) is 20.2 Å². The van der Waals surface area contributed by atoms with Gasteiger partial charge in [-0.2, -0.15) is 0 Å². The Balaban J connectivity index is 1.22. The summed E-state index contributed by atoms with van der Waals surface area (Å²) < 4.78 is 13.6. The van der Waals surface area contributed by atoms with Crippen LogP contribution in [0.15, 0.2) is 66.9 Å². The summed E-state index contributed by atoms with van der Waals surface area (Å²) in [6.45, 7) is 3.09. The van der Waals surface area contributed by atoms with Crippen molar-refractivity contribution in [1.82, 2.24) is 19.9 Å². The van der Waals surface area contributed by atoms with Gasteiger partial charge in [0.2, 0.25) is 0 Å². The van der Waals surface area contributed by atoms with Gasteiger partial charge in [0.05, 0.1) is 18.8 Å². The Morgan fingerprint density at radius 1 is 1.00 bits per heavy atom. The average Bonchev–Trinajstić information content (AvgIpc) is 3.41. The Bertz CT molecular complexity index is 1210. The van der Waals surface area contributed by atoms with Crippen molar-refractivity contribution in [3.05, 3.63) is 89.3 Å². The molecule has 0 spiro atoms. The van der Waals surface area contributed by atoms with Gasteiger partial charge in [0.25, 0.3) is 0 Å². The number of carbonyl (C=O) groups is 1. The standard InChI is InChI=1S/C31H38N4O3/c1-37-29-16-10-14-25-13-8-3-2-4-9-15-28(38-31(36)30(25)29)21-26-23-35(33-32-26)27-17-19-34(20-18-27)22-24-11-6-5-7-12-24/h3,5-8,10-12,14,16,23,27-28H,2,4,9,13,15,17-22H2,1H3/b8-3+/t28-/m1/s1. The van der Waals surface area contributed by atoms with Gasteiger partial charge in [-0.1, -0.05) is 59.8 Å². The second-order valence-electron chi connectivity index (χ2n) is 10.4. The number of benzene rings is 2. The van der Waals surface area contributed by atoms with E-state index in [9.17, 15) is 4.79 Å². The molecule has 1 aromatic heterocycles. The molecule has 38 heavy (non-hydrogen) atoms. The predicted octanol–water partition coefficient (Wildman–Crippen LogP) is 5.56. The number of ether oxygens (including phenoxy) is 2. The van der Waals surface area contributed by atoms with Gasteiger partial charge >= 0.3 is 5.97 Å². The third-order valence-electron chi connectivity index (χ3n) is 7.64. The number of rotatable bonds is 6. The van der Waals surface area contributed by atoms with E-state index in [1.807, 2.05) is 22.9 Å². The monoisotopic (exact) mass is 514 g/mol. The van der Waals surface area contributed by atoms with Crippen LogP contribution in [-0.4, -0.2) is 52.2 Å². The lowest BCUT2D eigenvalue weighted by Crippen LogP contribution is -2.34. The zero-order valence-electron chi connectivity index (χ0n) is 22.3. The van der Waals surface area contributed by atoms with Crippen LogP contribution < -0.4 is 4.74 Å². The molecule has 2 aromatic carbocycles. The van der Waals surface area contributed by atoms with Crippen molar-refractivity contribution in [3.63, 3.8) is 0 Å². The van der Waals surface area contributed by atoms with Crippen LogP contribution >= 0.6 is 0 Å². The van der Waals surface area contributed by atoms with Gasteiger partial charge in [-0.3, -0.25) is 4.90 Å². The number of likely N-dealkylation sites (tertiary alicyclic amines) is 1. The minimum absolute atomic E-state index is 0.249. The second kappa shape index (κ2) is 12.9. The van der Waals surface area contributed by atoms with E-state index in [1.165, 1.54) is 5.56 Å². The van der Waals surface area contributed by atoms with Crippen molar-refractivity contribution in [1.29, 1.82) is 0 Å². The quantitative estimate of drug-likeness (QED) is 0.317. The number of hydrogen-bond donors (Lipinski definition) is 0. The molecule has 3 aromatic rings. The third kappa shape index (κ3) is 6.70. The molecule has 1 saturated heterocycles. The summed E-state index contributed by atoms with van der Waals surface area (Å²) in [5, 5.41) is 8.96. The molecule has 0 radical (unpaired) electrons. The van der Waals surface area contributed by atoms with E-state index in [4.69, 9.17) is 9.47 Å². The smallest absolute Gasteiger partial charge is 0.342 e. The van der Waals surface area contributed by atoms with E-state index >= 15 is 0 Å². The molecule has 7 heteroatoms. The predicted molar refractivity (Wildman–Crippen MR) is 147 cm³/mol. The fourth-order valence-electron chi connectivity index (χ4n) is 5.53. The molecule has 2 aliphatic rings. The number of hydrogen-bond acceptors (Lipinski definition) is 6. The number of cyclic esters (lactones) is 1. The number of nitrogens with zero attached hydrogens (tertiary/aromatic N) is 4.